The van der Waals surface area contributed by atoms with Gasteiger partial charge in [0.15, 0.2) is 0 Å². The molecule has 190 valence electrons. The number of carboxylic acids is 3. The molecular weight excluding hydrogens is 520 g/mol. The minimum absolute atomic E-state index is 0.428. The zero-order chi connectivity index (χ0) is 28.5. The number of rotatable bonds is 9. The molecule has 0 atom stereocenters. The van der Waals surface area contributed by atoms with Gasteiger partial charge in [0, 0.05) is 16.3 Å². The van der Waals surface area contributed by atoms with Gasteiger partial charge in [0.1, 0.15) is 39.9 Å². The van der Waals surface area contributed by atoms with Crippen LogP contribution in [0.25, 0.3) is 18.2 Å². The standard InChI is InChI=1S/C28H16N4O6S/c29-14-19(26(33)34)11-17-1-5-22(6-2-17)32(25-10-9-24(39-25)13-21(16-31)28(37)38)23-7-3-18(4-8-23)12-20(15-30)27(35)36/h1-13H,(H,33,34)(H,35,36)(H,37,38)/b19-11-,20-12+,21-13-. The summed E-state index contributed by atoms with van der Waals surface area (Å²) in [6.07, 6.45) is 3.72. The van der Waals surface area contributed by atoms with Crippen molar-refractivity contribution in [1.29, 1.82) is 15.8 Å². The first kappa shape index (κ1) is 27.6. The van der Waals surface area contributed by atoms with Crippen LogP contribution in [0.1, 0.15) is 16.0 Å². The molecule has 3 aromatic rings. The van der Waals surface area contributed by atoms with Gasteiger partial charge in [0.05, 0.1) is 0 Å². The zero-order valence-electron chi connectivity index (χ0n) is 19.8. The number of thiophene rings is 1. The Morgan fingerprint density at radius 3 is 1.36 bits per heavy atom. The third kappa shape index (κ3) is 6.83. The summed E-state index contributed by atoms with van der Waals surface area (Å²) in [5.74, 6) is -4.05. The lowest BCUT2D eigenvalue weighted by molar-refractivity contribution is -0.133. The fourth-order valence-corrected chi connectivity index (χ4v) is 4.28. The van der Waals surface area contributed by atoms with Gasteiger partial charge >= 0.3 is 17.9 Å². The van der Waals surface area contributed by atoms with Gasteiger partial charge in [-0.15, -0.1) is 11.3 Å². The molecule has 0 saturated heterocycles. The maximum Gasteiger partial charge on any atom is 0.346 e. The number of anilines is 3. The number of aliphatic carboxylic acids is 3. The maximum atomic E-state index is 11.2. The predicted octanol–water partition coefficient (Wildman–Crippen LogP) is 5.19. The Bertz CT molecular complexity index is 1580. The van der Waals surface area contributed by atoms with Crippen molar-refractivity contribution in [1.82, 2.24) is 0 Å². The summed E-state index contributed by atoms with van der Waals surface area (Å²) in [7, 11) is 0. The van der Waals surface area contributed by atoms with Crippen LogP contribution in [0.4, 0.5) is 16.4 Å². The SMILES string of the molecule is N#C/C(=C/c1ccc(N(c2ccc(/C=C(\C#N)C(=O)O)cc2)c2ccc(/C=C(/C#N)C(=O)O)s2)cc1)C(=O)O. The predicted molar refractivity (Wildman–Crippen MR) is 143 cm³/mol. The monoisotopic (exact) mass is 536 g/mol. The molecule has 11 heteroatoms. The molecule has 0 spiro atoms. The van der Waals surface area contributed by atoms with Crippen LogP contribution in [-0.4, -0.2) is 33.2 Å². The Hall–Kier alpha value is -5.96. The molecule has 0 bridgehead atoms. The van der Waals surface area contributed by atoms with Crippen LogP contribution < -0.4 is 4.90 Å². The van der Waals surface area contributed by atoms with E-state index in [0.717, 1.165) is 0 Å². The number of hydrogen-bond acceptors (Lipinski definition) is 8. The van der Waals surface area contributed by atoms with Crippen LogP contribution in [0, 0.1) is 34.0 Å². The lowest BCUT2D eigenvalue weighted by Gasteiger charge is -2.24. The van der Waals surface area contributed by atoms with Gasteiger partial charge in [-0.05, 0) is 65.8 Å². The lowest BCUT2D eigenvalue weighted by atomic mass is 10.1. The highest BCUT2D eigenvalue weighted by Gasteiger charge is 2.16. The number of benzene rings is 2. The largest absolute Gasteiger partial charge is 0.477 e. The Kier molecular flexibility index (Phi) is 8.73. The summed E-state index contributed by atoms with van der Waals surface area (Å²) < 4.78 is 0. The quantitative estimate of drug-likeness (QED) is 0.242. The van der Waals surface area contributed by atoms with Crippen molar-refractivity contribution in [2.24, 2.45) is 0 Å². The second-order valence-corrected chi connectivity index (χ2v) is 8.71. The van der Waals surface area contributed by atoms with E-state index >= 15 is 0 Å². The summed E-state index contributed by atoms with van der Waals surface area (Å²) in [6, 6.07) is 21.5. The fourth-order valence-electron chi connectivity index (χ4n) is 3.28. The number of hydrogen-bond donors (Lipinski definition) is 3. The number of nitrogens with zero attached hydrogens (tertiary/aromatic N) is 4. The number of nitriles is 3. The van der Waals surface area contributed by atoms with E-state index < -0.39 is 34.6 Å². The molecule has 3 rings (SSSR count). The average Bonchev–Trinajstić information content (AvgIpc) is 3.38. The normalized spacial score (nSPS) is 11.6. The molecule has 1 aromatic heterocycles. The Labute approximate surface area is 225 Å². The van der Waals surface area contributed by atoms with Crippen molar-refractivity contribution < 1.29 is 29.7 Å². The molecular formula is C28H16N4O6S. The van der Waals surface area contributed by atoms with Crippen LogP contribution in [0.15, 0.2) is 77.4 Å². The van der Waals surface area contributed by atoms with E-state index in [1.807, 2.05) is 0 Å². The fraction of sp³-hybridized carbons (Fsp3) is 0. The summed E-state index contributed by atoms with van der Waals surface area (Å²) >= 11 is 1.21. The molecule has 0 aliphatic heterocycles. The first-order chi connectivity index (χ1) is 18.7. The molecule has 0 aliphatic carbocycles. The Balaban J connectivity index is 2.09. The highest BCUT2D eigenvalue weighted by molar-refractivity contribution is 7.17. The van der Waals surface area contributed by atoms with Crippen molar-refractivity contribution in [2.45, 2.75) is 0 Å². The van der Waals surface area contributed by atoms with Gasteiger partial charge in [-0.2, -0.15) is 15.8 Å². The second-order valence-electron chi connectivity index (χ2n) is 7.62. The summed E-state index contributed by atoms with van der Waals surface area (Å²) in [5, 5.41) is 55.1. The molecule has 3 N–H and O–H groups in total. The zero-order valence-corrected chi connectivity index (χ0v) is 20.6. The van der Waals surface area contributed by atoms with Crippen molar-refractivity contribution in [2.75, 3.05) is 4.90 Å². The topological polar surface area (TPSA) is 187 Å². The van der Waals surface area contributed by atoms with Gasteiger partial charge < -0.3 is 20.2 Å². The van der Waals surface area contributed by atoms with Gasteiger partial charge in [0.2, 0.25) is 0 Å². The first-order valence-corrected chi connectivity index (χ1v) is 11.6. The van der Waals surface area contributed by atoms with Gasteiger partial charge in [-0.1, -0.05) is 24.3 Å². The molecule has 0 unspecified atom stereocenters. The third-order valence-corrected chi connectivity index (χ3v) is 6.11. The molecule has 0 radical (unpaired) electrons. The van der Waals surface area contributed by atoms with E-state index in [2.05, 4.69) is 0 Å². The molecule has 10 nitrogen and oxygen atoms in total. The van der Waals surface area contributed by atoms with Crippen LogP contribution >= 0.6 is 11.3 Å². The summed E-state index contributed by atoms with van der Waals surface area (Å²) in [4.78, 5) is 35.9. The highest BCUT2D eigenvalue weighted by atomic mass is 32.1. The van der Waals surface area contributed by atoms with E-state index in [1.165, 1.54) is 29.6 Å². The molecule has 0 fully saturated rings. The van der Waals surface area contributed by atoms with E-state index in [9.17, 15) is 14.4 Å². The number of carboxylic acid groups (broad SMARTS) is 3. The lowest BCUT2D eigenvalue weighted by Crippen LogP contribution is -2.08. The highest BCUT2D eigenvalue weighted by Crippen LogP contribution is 2.39. The summed E-state index contributed by atoms with van der Waals surface area (Å²) in [5.41, 5.74) is 0.926. The molecule has 0 amide bonds. The molecule has 0 saturated carbocycles. The van der Waals surface area contributed by atoms with Crippen LogP contribution in [0.2, 0.25) is 0 Å². The van der Waals surface area contributed by atoms with E-state index in [1.54, 1.807) is 83.8 Å². The van der Waals surface area contributed by atoms with Gasteiger partial charge in [-0.3, -0.25) is 0 Å². The van der Waals surface area contributed by atoms with Gasteiger partial charge in [0.25, 0.3) is 0 Å². The van der Waals surface area contributed by atoms with Gasteiger partial charge in [-0.25, -0.2) is 14.4 Å². The minimum atomic E-state index is -1.35. The maximum absolute atomic E-state index is 11.2. The number of carbonyl (C=O) groups is 3. The van der Waals surface area contributed by atoms with Crippen molar-refractivity contribution in [3.63, 3.8) is 0 Å². The smallest absolute Gasteiger partial charge is 0.346 e. The third-order valence-electron chi connectivity index (χ3n) is 5.10. The van der Waals surface area contributed by atoms with E-state index in [4.69, 9.17) is 31.1 Å². The van der Waals surface area contributed by atoms with Crippen molar-refractivity contribution in [3.8, 4) is 18.2 Å². The minimum Gasteiger partial charge on any atom is -0.477 e. The van der Waals surface area contributed by atoms with Crippen molar-refractivity contribution >= 4 is 63.8 Å². The van der Waals surface area contributed by atoms with Crippen molar-refractivity contribution in [3.05, 3.63) is 93.4 Å². The van der Waals surface area contributed by atoms with Crippen LogP contribution in [0.3, 0.4) is 0 Å². The second kappa shape index (κ2) is 12.3. The molecule has 39 heavy (non-hydrogen) atoms. The Morgan fingerprint density at radius 2 is 1.00 bits per heavy atom. The Morgan fingerprint density at radius 1 is 0.615 bits per heavy atom. The molecule has 2 aromatic carbocycles. The molecule has 1 heterocycles. The first-order valence-electron chi connectivity index (χ1n) is 10.8. The average molecular weight is 537 g/mol. The van der Waals surface area contributed by atoms with E-state index in [-0.39, 0.29) is 0 Å². The van der Waals surface area contributed by atoms with Crippen LogP contribution in [0.5, 0.6) is 0 Å². The molecule has 0 aliphatic rings. The van der Waals surface area contributed by atoms with E-state index in [0.29, 0.717) is 32.4 Å². The summed E-state index contributed by atoms with van der Waals surface area (Å²) in [6.45, 7) is 0. The van der Waals surface area contributed by atoms with Crippen LogP contribution in [-0.2, 0) is 14.4 Å².